The maximum Gasteiger partial charge on any atom is 0.417 e. The number of alkyl halides is 3. The number of ether oxygens (including phenoxy) is 1. The molecule has 0 bridgehead atoms. The van der Waals surface area contributed by atoms with Gasteiger partial charge in [-0.1, -0.05) is 12.1 Å². The molecule has 134 valence electrons. The Hall–Kier alpha value is -2.85. The van der Waals surface area contributed by atoms with Crippen LogP contribution >= 0.6 is 0 Å². The Balaban J connectivity index is 2.07. The Morgan fingerprint density at radius 1 is 1.23 bits per heavy atom. The number of methoxy groups -OCH3 is 1. The van der Waals surface area contributed by atoms with Crippen LogP contribution in [0.1, 0.15) is 23.9 Å². The van der Waals surface area contributed by atoms with Gasteiger partial charge in [-0.2, -0.15) is 18.4 Å². The zero-order valence-corrected chi connectivity index (χ0v) is 14.2. The molecule has 0 aliphatic rings. The number of imidazole rings is 1. The maximum atomic E-state index is 13.4. The first kappa shape index (κ1) is 18.0. The summed E-state index contributed by atoms with van der Waals surface area (Å²) in [7, 11) is 1.61. The quantitative estimate of drug-likeness (QED) is 0.735. The molecule has 3 aromatic rings. The van der Waals surface area contributed by atoms with Crippen molar-refractivity contribution in [3.63, 3.8) is 0 Å². The summed E-state index contributed by atoms with van der Waals surface area (Å²) in [6.07, 6.45) is -4.00. The average Bonchev–Trinajstić information content (AvgIpc) is 3.01. The van der Waals surface area contributed by atoms with E-state index in [9.17, 15) is 13.2 Å². The minimum atomic E-state index is -4.55. The number of halogens is 3. The third-order valence-electron chi connectivity index (χ3n) is 4.18. The highest BCUT2D eigenvalue weighted by atomic mass is 19.4. The van der Waals surface area contributed by atoms with Crippen LogP contribution in [0.25, 0.3) is 22.2 Å². The summed E-state index contributed by atoms with van der Waals surface area (Å²) in [6, 6.07) is 10.2. The minimum absolute atomic E-state index is 0.0228. The number of nitriles is 1. The molecule has 0 amide bonds. The molecular formula is C19H16F3N3O. The fourth-order valence-corrected chi connectivity index (χ4v) is 2.78. The van der Waals surface area contributed by atoms with Gasteiger partial charge in [-0.3, -0.25) is 0 Å². The SMILES string of the molecule is CO[C@H](C)Cc1nc2ccc(-c3ccc(C#N)cc3C(F)(F)F)cc2[nH]1. The lowest BCUT2D eigenvalue weighted by Gasteiger charge is -2.13. The lowest BCUT2D eigenvalue weighted by atomic mass is 9.97. The van der Waals surface area contributed by atoms with E-state index >= 15 is 0 Å². The fourth-order valence-electron chi connectivity index (χ4n) is 2.78. The topological polar surface area (TPSA) is 61.7 Å². The number of nitrogens with one attached hydrogen (secondary N) is 1. The summed E-state index contributed by atoms with van der Waals surface area (Å²) in [5.74, 6) is 0.711. The van der Waals surface area contributed by atoms with Crippen molar-refractivity contribution in [3.05, 3.63) is 53.3 Å². The van der Waals surface area contributed by atoms with E-state index in [-0.39, 0.29) is 17.2 Å². The van der Waals surface area contributed by atoms with Crippen molar-refractivity contribution in [1.29, 1.82) is 5.26 Å². The molecule has 2 aromatic carbocycles. The molecule has 0 radical (unpaired) electrons. The second-order valence-corrected chi connectivity index (χ2v) is 6.04. The summed E-state index contributed by atoms with van der Waals surface area (Å²) in [5, 5.41) is 8.88. The summed E-state index contributed by atoms with van der Waals surface area (Å²) >= 11 is 0. The molecule has 0 saturated heterocycles. The van der Waals surface area contributed by atoms with Crippen LogP contribution < -0.4 is 0 Å². The van der Waals surface area contributed by atoms with Crippen molar-refractivity contribution in [2.24, 2.45) is 0 Å². The van der Waals surface area contributed by atoms with Crippen molar-refractivity contribution in [2.45, 2.75) is 25.6 Å². The second kappa shape index (κ2) is 6.81. The Kier molecular flexibility index (Phi) is 4.70. The minimum Gasteiger partial charge on any atom is -0.381 e. The Labute approximate surface area is 148 Å². The van der Waals surface area contributed by atoms with E-state index in [1.807, 2.05) is 6.92 Å². The van der Waals surface area contributed by atoms with Crippen molar-refractivity contribution in [1.82, 2.24) is 9.97 Å². The molecule has 1 N–H and O–H groups in total. The van der Waals surface area contributed by atoms with Crippen LogP contribution in [-0.2, 0) is 17.3 Å². The van der Waals surface area contributed by atoms with Crippen LogP contribution in [-0.4, -0.2) is 23.2 Å². The largest absolute Gasteiger partial charge is 0.417 e. The van der Waals surface area contributed by atoms with Gasteiger partial charge in [0.25, 0.3) is 0 Å². The normalized spacial score (nSPS) is 12.9. The zero-order chi connectivity index (χ0) is 18.9. The van der Waals surface area contributed by atoms with Gasteiger partial charge in [0, 0.05) is 13.5 Å². The van der Waals surface area contributed by atoms with Gasteiger partial charge in [0.05, 0.1) is 34.3 Å². The Bertz CT molecular complexity index is 986. The number of benzene rings is 2. The molecular weight excluding hydrogens is 343 g/mol. The van der Waals surface area contributed by atoms with Crippen LogP contribution in [0, 0.1) is 11.3 Å². The van der Waals surface area contributed by atoms with Crippen molar-refractivity contribution >= 4 is 11.0 Å². The number of aromatic nitrogens is 2. The van der Waals surface area contributed by atoms with Crippen LogP contribution in [0.15, 0.2) is 36.4 Å². The average molecular weight is 359 g/mol. The molecule has 4 nitrogen and oxygen atoms in total. The van der Waals surface area contributed by atoms with Crippen molar-refractivity contribution in [2.75, 3.05) is 7.11 Å². The highest BCUT2D eigenvalue weighted by molar-refractivity contribution is 5.83. The molecule has 0 aliphatic heterocycles. The number of fused-ring (bicyclic) bond motifs is 1. The number of rotatable bonds is 4. The lowest BCUT2D eigenvalue weighted by molar-refractivity contribution is -0.137. The van der Waals surface area contributed by atoms with Gasteiger partial charge in [-0.05, 0) is 42.3 Å². The van der Waals surface area contributed by atoms with E-state index in [0.29, 0.717) is 28.8 Å². The van der Waals surface area contributed by atoms with Gasteiger partial charge in [-0.15, -0.1) is 0 Å². The number of H-pyrrole nitrogens is 1. The maximum absolute atomic E-state index is 13.4. The summed E-state index contributed by atoms with van der Waals surface area (Å²) in [5.41, 5.74) is 0.903. The first-order valence-corrected chi connectivity index (χ1v) is 7.95. The fraction of sp³-hybridized carbons (Fsp3) is 0.263. The third kappa shape index (κ3) is 3.55. The van der Waals surface area contributed by atoms with Crippen LogP contribution in [0.4, 0.5) is 13.2 Å². The zero-order valence-electron chi connectivity index (χ0n) is 14.2. The first-order valence-electron chi connectivity index (χ1n) is 7.95. The van der Waals surface area contributed by atoms with E-state index in [1.165, 1.54) is 12.1 Å². The number of nitrogens with zero attached hydrogens (tertiary/aromatic N) is 2. The molecule has 26 heavy (non-hydrogen) atoms. The summed E-state index contributed by atoms with van der Waals surface area (Å²) < 4.78 is 45.4. The second-order valence-electron chi connectivity index (χ2n) is 6.04. The van der Waals surface area contributed by atoms with Gasteiger partial charge in [0.2, 0.25) is 0 Å². The van der Waals surface area contributed by atoms with Gasteiger partial charge in [0.1, 0.15) is 5.82 Å². The van der Waals surface area contributed by atoms with E-state index in [2.05, 4.69) is 9.97 Å². The monoisotopic (exact) mass is 359 g/mol. The Morgan fingerprint density at radius 2 is 2.00 bits per heavy atom. The molecule has 3 rings (SSSR count). The molecule has 0 aliphatic carbocycles. The van der Waals surface area contributed by atoms with Crippen LogP contribution in [0.3, 0.4) is 0 Å². The number of hydrogen-bond donors (Lipinski definition) is 1. The molecule has 1 heterocycles. The standard InChI is InChI=1S/C19H16F3N3O/c1-11(26-2)7-18-24-16-6-4-13(9-17(16)25-18)14-5-3-12(10-23)8-15(14)19(20,21)22/h3-6,8-9,11H,7H2,1-2H3,(H,24,25)/t11-/m1/s1. The third-order valence-corrected chi connectivity index (χ3v) is 4.18. The molecule has 1 aromatic heterocycles. The highest BCUT2D eigenvalue weighted by Gasteiger charge is 2.34. The molecule has 1 atom stereocenters. The molecule has 7 heteroatoms. The predicted octanol–water partition coefficient (Wildman–Crippen LogP) is 4.70. The van der Waals surface area contributed by atoms with Gasteiger partial charge >= 0.3 is 6.18 Å². The van der Waals surface area contributed by atoms with Gasteiger partial charge < -0.3 is 9.72 Å². The van der Waals surface area contributed by atoms with E-state index in [0.717, 1.165) is 6.07 Å². The van der Waals surface area contributed by atoms with Gasteiger partial charge in [-0.25, -0.2) is 4.98 Å². The molecule has 0 spiro atoms. The smallest absolute Gasteiger partial charge is 0.381 e. The first-order chi connectivity index (χ1) is 12.3. The van der Waals surface area contributed by atoms with Crippen molar-refractivity contribution in [3.8, 4) is 17.2 Å². The predicted molar refractivity (Wildman–Crippen MR) is 91.4 cm³/mol. The highest BCUT2D eigenvalue weighted by Crippen LogP contribution is 2.38. The van der Waals surface area contributed by atoms with Gasteiger partial charge in [0.15, 0.2) is 0 Å². The summed E-state index contributed by atoms with van der Waals surface area (Å²) in [6.45, 7) is 1.91. The van der Waals surface area contributed by atoms with Crippen molar-refractivity contribution < 1.29 is 17.9 Å². The summed E-state index contributed by atoms with van der Waals surface area (Å²) in [4.78, 5) is 7.56. The molecule has 0 unspecified atom stereocenters. The lowest BCUT2D eigenvalue weighted by Crippen LogP contribution is -2.09. The van der Waals surface area contributed by atoms with Crippen LogP contribution in [0.5, 0.6) is 0 Å². The van der Waals surface area contributed by atoms with E-state index < -0.39 is 11.7 Å². The number of aromatic amines is 1. The Morgan fingerprint density at radius 3 is 2.65 bits per heavy atom. The molecule has 0 saturated carbocycles. The van der Waals surface area contributed by atoms with Crippen LogP contribution in [0.2, 0.25) is 0 Å². The number of hydrogen-bond acceptors (Lipinski definition) is 3. The van der Waals surface area contributed by atoms with E-state index in [4.69, 9.17) is 10.00 Å². The van der Waals surface area contributed by atoms with E-state index in [1.54, 1.807) is 31.4 Å². The molecule has 0 fully saturated rings.